The van der Waals surface area contributed by atoms with Crippen molar-refractivity contribution in [2.45, 2.75) is 65.7 Å². The van der Waals surface area contributed by atoms with Gasteiger partial charge in [-0.1, -0.05) is 84.3 Å². The van der Waals surface area contributed by atoms with E-state index in [0.29, 0.717) is 0 Å². The molecule has 0 aromatic heterocycles. The second-order valence-electron chi connectivity index (χ2n) is 3.70. The summed E-state index contributed by atoms with van der Waals surface area (Å²) in [4.78, 5) is 0. The molecule has 0 aromatic carbocycles. The zero-order chi connectivity index (χ0) is 12.6. The van der Waals surface area contributed by atoms with E-state index in [9.17, 15) is 0 Å². The molecule has 0 heteroatoms. The molecule has 0 atom stereocenters. The average molecular weight is 222 g/mol. The first-order valence-electron chi connectivity index (χ1n) is 6.79. The topological polar surface area (TPSA) is 0 Å². The van der Waals surface area contributed by atoms with Crippen LogP contribution in [0.3, 0.4) is 0 Å². The van der Waals surface area contributed by atoms with Crippen molar-refractivity contribution in [2.24, 2.45) is 0 Å². The highest BCUT2D eigenvalue weighted by Gasteiger charge is 1.92. The number of unbranched alkanes of at least 4 members (excludes halogenated alkanes) is 5. The Hall–Kier alpha value is -0.780. The number of hydrogen-bond acceptors (Lipinski definition) is 0. The van der Waals surface area contributed by atoms with E-state index in [1.807, 2.05) is 26.0 Å². The van der Waals surface area contributed by atoms with Crippen LogP contribution in [0.1, 0.15) is 65.7 Å². The second-order valence-corrected chi connectivity index (χ2v) is 3.70. The molecule has 0 amide bonds. The van der Waals surface area contributed by atoms with Crippen LogP contribution >= 0.6 is 0 Å². The van der Waals surface area contributed by atoms with Crippen molar-refractivity contribution in [3.05, 3.63) is 37.0 Å². The molecule has 0 saturated heterocycles. The summed E-state index contributed by atoms with van der Waals surface area (Å²) < 4.78 is 0. The lowest BCUT2D eigenvalue weighted by Gasteiger charge is -2.01. The highest BCUT2D eigenvalue weighted by molar-refractivity contribution is 5.20. The van der Waals surface area contributed by atoms with Crippen molar-refractivity contribution in [1.82, 2.24) is 0 Å². The molecule has 0 unspecified atom stereocenters. The molecule has 0 fully saturated rings. The summed E-state index contributed by atoms with van der Waals surface area (Å²) >= 11 is 0. The van der Waals surface area contributed by atoms with Crippen LogP contribution in [0, 0.1) is 0 Å². The van der Waals surface area contributed by atoms with Gasteiger partial charge in [-0.3, -0.25) is 0 Å². The summed E-state index contributed by atoms with van der Waals surface area (Å²) in [6.07, 6.45) is 15.1. The first kappa shape index (κ1) is 17.6. The Labute approximate surface area is 103 Å². The Bertz CT molecular complexity index is 174. The molecule has 0 saturated carbocycles. The van der Waals surface area contributed by atoms with Crippen LogP contribution in [0.15, 0.2) is 37.0 Å². The quantitative estimate of drug-likeness (QED) is 0.328. The monoisotopic (exact) mass is 222 g/mol. The van der Waals surface area contributed by atoms with E-state index in [-0.39, 0.29) is 0 Å². The Balaban J connectivity index is 0. The SMILES string of the molecule is C=C/C=C(\C=C)CCCCCCCC.CC. The molecule has 0 aromatic rings. The van der Waals surface area contributed by atoms with Crippen molar-refractivity contribution < 1.29 is 0 Å². The number of rotatable bonds is 9. The van der Waals surface area contributed by atoms with Gasteiger partial charge in [0.05, 0.1) is 0 Å². The van der Waals surface area contributed by atoms with Crippen molar-refractivity contribution >= 4 is 0 Å². The lowest BCUT2D eigenvalue weighted by molar-refractivity contribution is 0.608. The van der Waals surface area contributed by atoms with E-state index in [1.54, 1.807) is 0 Å². The Kier molecular flexibility index (Phi) is 18.3. The van der Waals surface area contributed by atoms with Crippen LogP contribution < -0.4 is 0 Å². The minimum absolute atomic E-state index is 1.15. The minimum atomic E-state index is 1.15. The maximum Gasteiger partial charge on any atom is -0.0279 e. The van der Waals surface area contributed by atoms with E-state index in [0.717, 1.165) is 6.42 Å². The highest BCUT2D eigenvalue weighted by Crippen LogP contribution is 2.12. The maximum absolute atomic E-state index is 3.79. The third kappa shape index (κ3) is 13.2. The van der Waals surface area contributed by atoms with Gasteiger partial charge in [-0.25, -0.2) is 0 Å². The van der Waals surface area contributed by atoms with Crippen LogP contribution in [-0.4, -0.2) is 0 Å². The molecule has 0 radical (unpaired) electrons. The van der Waals surface area contributed by atoms with Crippen molar-refractivity contribution in [1.29, 1.82) is 0 Å². The zero-order valence-electron chi connectivity index (χ0n) is 11.6. The predicted molar refractivity (Wildman–Crippen MR) is 77.8 cm³/mol. The number of allylic oxidation sites excluding steroid dienone is 4. The molecule has 0 aliphatic carbocycles. The predicted octanol–water partition coefficient (Wildman–Crippen LogP) is 6.06. The number of hydrogen-bond donors (Lipinski definition) is 0. The molecule has 0 rings (SSSR count). The van der Waals surface area contributed by atoms with Gasteiger partial charge in [0, 0.05) is 0 Å². The molecule has 0 N–H and O–H groups in total. The Morgan fingerprint density at radius 2 is 1.50 bits per heavy atom. The smallest absolute Gasteiger partial charge is 0.0279 e. The van der Waals surface area contributed by atoms with Gasteiger partial charge in [0.2, 0.25) is 0 Å². The van der Waals surface area contributed by atoms with Gasteiger partial charge in [0.15, 0.2) is 0 Å². The Morgan fingerprint density at radius 3 is 2.00 bits per heavy atom. The fourth-order valence-electron chi connectivity index (χ4n) is 1.51. The van der Waals surface area contributed by atoms with Gasteiger partial charge in [-0.15, -0.1) is 0 Å². The molecule has 0 nitrogen and oxygen atoms in total. The third-order valence-electron chi connectivity index (χ3n) is 2.41. The van der Waals surface area contributed by atoms with E-state index in [2.05, 4.69) is 26.2 Å². The van der Waals surface area contributed by atoms with Crippen LogP contribution in [-0.2, 0) is 0 Å². The fraction of sp³-hybridized carbons (Fsp3) is 0.625. The average Bonchev–Trinajstić information content (AvgIpc) is 2.34. The zero-order valence-corrected chi connectivity index (χ0v) is 11.6. The van der Waals surface area contributed by atoms with Crippen LogP contribution in [0.4, 0.5) is 0 Å². The molecular formula is C16H30. The molecule has 94 valence electrons. The van der Waals surface area contributed by atoms with Gasteiger partial charge >= 0.3 is 0 Å². The minimum Gasteiger partial charge on any atom is -0.0991 e. The largest absolute Gasteiger partial charge is 0.0991 e. The first-order chi connectivity index (χ1) is 7.85. The molecule has 16 heavy (non-hydrogen) atoms. The molecule has 0 aliphatic rings. The lowest BCUT2D eigenvalue weighted by atomic mass is 10.0. The van der Waals surface area contributed by atoms with E-state index in [4.69, 9.17) is 0 Å². The standard InChI is InChI=1S/C14H24.C2H6/c1-4-7-8-9-10-11-13-14(6-3)12-5-2;1-2/h5-6,12H,2-4,7-11,13H2,1H3;1-2H3/b14-12+;. The first-order valence-corrected chi connectivity index (χ1v) is 6.79. The van der Waals surface area contributed by atoms with Crippen LogP contribution in [0.2, 0.25) is 0 Å². The van der Waals surface area contributed by atoms with E-state index in [1.165, 1.54) is 44.1 Å². The molecule has 0 spiro atoms. The van der Waals surface area contributed by atoms with E-state index >= 15 is 0 Å². The Morgan fingerprint density at radius 1 is 0.938 bits per heavy atom. The molecule has 0 bridgehead atoms. The lowest BCUT2D eigenvalue weighted by Crippen LogP contribution is -1.81. The molecule has 0 heterocycles. The summed E-state index contributed by atoms with van der Waals surface area (Å²) in [5, 5.41) is 0. The van der Waals surface area contributed by atoms with Crippen molar-refractivity contribution in [2.75, 3.05) is 0 Å². The van der Waals surface area contributed by atoms with E-state index < -0.39 is 0 Å². The maximum atomic E-state index is 3.79. The summed E-state index contributed by atoms with van der Waals surface area (Å²) in [6, 6.07) is 0. The summed E-state index contributed by atoms with van der Waals surface area (Å²) in [5.74, 6) is 0. The molecule has 0 aliphatic heterocycles. The highest BCUT2D eigenvalue weighted by atomic mass is 14.0. The summed E-state index contributed by atoms with van der Waals surface area (Å²) in [7, 11) is 0. The van der Waals surface area contributed by atoms with Crippen molar-refractivity contribution in [3.63, 3.8) is 0 Å². The second kappa shape index (κ2) is 16.6. The van der Waals surface area contributed by atoms with Gasteiger partial charge in [0.25, 0.3) is 0 Å². The van der Waals surface area contributed by atoms with Crippen LogP contribution in [0.25, 0.3) is 0 Å². The third-order valence-corrected chi connectivity index (χ3v) is 2.41. The normalized spacial score (nSPS) is 10.3. The molecular weight excluding hydrogens is 192 g/mol. The van der Waals surface area contributed by atoms with Gasteiger partial charge < -0.3 is 0 Å². The fourth-order valence-corrected chi connectivity index (χ4v) is 1.51. The van der Waals surface area contributed by atoms with Crippen LogP contribution in [0.5, 0.6) is 0 Å². The summed E-state index contributed by atoms with van der Waals surface area (Å²) in [6.45, 7) is 13.7. The van der Waals surface area contributed by atoms with Crippen molar-refractivity contribution in [3.8, 4) is 0 Å². The van der Waals surface area contributed by atoms with Gasteiger partial charge in [-0.05, 0) is 18.4 Å². The summed E-state index contributed by atoms with van der Waals surface area (Å²) in [5.41, 5.74) is 1.32. The van der Waals surface area contributed by atoms with Gasteiger partial charge in [-0.2, -0.15) is 0 Å². The van der Waals surface area contributed by atoms with Gasteiger partial charge in [0.1, 0.15) is 0 Å².